The smallest absolute Gasteiger partial charge is 0.244 e. The van der Waals surface area contributed by atoms with E-state index in [1.54, 1.807) is 37.3 Å². The Hall–Kier alpha value is -2.00. The Balaban J connectivity index is 2.40. The van der Waals surface area contributed by atoms with Crippen LogP contribution in [0, 0.1) is 5.92 Å². The molecule has 0 fully saturated rings. The third kappa shape index (κ3) is 7.77. The molecule has 0 unspecified atom stereocenters. The van der Waals surface area contributed by atoms with E-state index in [0.29, 0.717) is 22.2 Å². The Labute approximate surface area is 216 Å². The van der Waals surface area contributed by atoms with Gasteiger partial charge in [0.1, 0.15) is 12.6 Å². The number of carbonyl (C=O) groups excluding carboxylic acids is 2. The number of carbonyl (C=O) groups is 2. The minimum atomic E-state index is -3.86. The topological polar surface area (TPSA) is 86.8 Å². The van der Waals surface area contributed by atoms with Gasteiger partial charge in [0.2, 0.25) is 21.8 Å². The fraction of sp³-hybridized carbons (Fsp3) is 0.391. The van der Waals surface area contributed by atoms with Gasteiger partial charge < -0.3 is 10.2 Å². The number of anilines is 1. The molecule has 0 bridgehead atoms. The number of benzene rings is 2. The maximum atomic E-state index is 13.5. The van der Waals surface area contributed by atoms with E-state index in [1.807, 2.05) is 13.8 Å². The number of hydrogen-bond donors (Lipinski definition) is 1. The lowest BCUT2D eigenvalue weighted by molar-refractivity contribution is -0.139. The van der Waals surface area contributed by atoms with Crippen LogP contribution in [0.2, 0.25) is 15.1 Å². The zero-order valence-electron chi connectivity index (χ0n) is 19.4. The molecule has 0 aromatic heterocycles. The summed E-state index contributed by atoms with van der Waals surface area (Å²) >= 11 is 18.3. The first-order chi connectivity index (χ1) is 15.8. The summed E-state index contributed by atoms with van der Waals surface area (Å²) in [5, 5.41) is 3.65. The van der Waals surface area contributed by atoms with Gasteiger partial charge in [-0.1, -0.05) is 66.8 Å². The molecule has 0 aliphatic rings. The predicted molar refractivity (Wildman–Crippen MR) is 138 cm³/mol. The van der Waals surface area contributed by atoms with Crippen LogP contribution in [0.25, 0.3) is 0 Å². The molecule has 0 aliphatic carbocycles. The van der Waals surface area contributed by atoms with Crippen LogP contribution in [-0.2, 0) is 26.2 Å². The maximum absolute atomic E-state index is 13.5. The van der Waals surface area contributed by atoms with Gasteiger partial charge in [0.25, 0.3) is 0 Å². The standard InChI is InChI=1S/C23H28Cl3N3O4S/c1-15(2)12-27-23(31)16(3)28(13-17-9-10-18(24)20(26)11-17)22(30)14-29(34(4,32)33)21-8-6-5-7-19(21)25/h5-11,15-16H,12-14H2,1-4H3,(H,27,31)/t16-/m1/s1. The van der Waals surface area contributed by atoms with Gasteiger partial charge in [-0.3, -0.25) is 13.9 Å². The molecule has 0 saturated carbocycles. The molecule has 2 amide bonds. The van der Waals surface area contributed by atoms with Gasteiger partial charge in [0.15, 0.2) is 0 Å². The van der Waals surface area contributed by atoms with Gasteiger partial charge in [-0.2, -0.15) is 0 Å². The second-order valence-electron chi connectivity index (χ2n) is 8.31. The van der Waals surface area contributed by atoms with Crippen molar-refractivity contribution in [1.29, 1.82) is 0 Å². The number of para-hydroxylation sites is 1. The molecule has 0 aliphatic heterocycles. The zero-order valence-corrected chi connectivity index (χ0v) is 22.5. The van der Waals surface area contributed by atoms with Crippen LogP contribution in [0.4, 0.5) is 5.69 Å². The second-order valence-corrected chi connectivity index (χ2v) is 11.4. The number of hydrogen-bond acceptors (Lipinski definition) is 4. The minimum Gasteiger partial charge on any atom is -0.354 e. The quantitative estimate of drug-likeness (QED) is 0.470. The molecule has 7 nitrogen and oxygen atoms in total. The Morgan fingerprint density at radius 2 is 1.62 bits per heavy atom. The zero-order chi connectivity index (χ0) is 25.6. The van der Waals surface area contributed by atoms with E-state index in [1.165, 1.54) is 17.0 Å². The molecule has 1 atom stereocenters. The van der Waals surface area contributed by atoms with E-state index in [2.05, 4.69) is 5.32 Å². The number of halogens is 3. The Morgan fingerprint density at radius 1 is 0.971 bits per heavy atom. The average molecular weight is 549 g/mol. The lowest BCUT2D eigenvalue weighted by Crippen LogP contribution is -2.51. The van der Waals surface area contributed by atoms with Gasteiger partial charge in [0, 0.05) is 13.1 Å². The molecule has 0 heterocycles. The van der Waals surface area contributed by atoms with Crippen LogP contribution in [0.3, 0.4) is 0 Å². The van der Waals surface area contributed by atoms with Gasteiger partial charge in [-0.15, -0.1) is 0 Å². The van der Waals surface area contributed by atoms with Crippen molar-refractivity contribution in [2.45, 2.75) is 33.4 Å². The summed E-state index contributed by atoms with van der Waals surface area (Å²) in [5.74, 6) is -0.717. The average Bonchev–Trinajstić information content (AvgIpc) is 2.75. The first-order valence-electron chi connectivity index (χ1n) is 10.5. The minimum absolute atomic E-state index is 0.0200. The molecule has 34 heavy (non-hydrogen) atoms. The highest BCUT2D eigenvalue weighted by atomic mass is 35.5. The van der Waals surface area contributed by atoms with E-state index in [0.717, 1.165) is 10.6 Å². The Kier molecular flexibility index (Phi) is 10.1. The van der Waals surface area contributed by atoms with Crippen LogP contribution in [0.5, 0.6) is 0 Å². The van der Waals surface area contributed by atoms with Crippen molar-refractivity contribution in [2.24, 2.45) is 5.92 Å². The van der Waals surface area contributed by atoms with E-state index >= 15 is 0 Å². The van der Waals surface area contributed by atoms with Gasteiger partial charge in [0.05, 0.1) is 27.0 Å². The normalized spacial score (nSPS) is 12.4. The van der Waals surface area contributed by atoms with Crippen molar-refractivity contribution in [1.82, 2.24) is 10.2 Å². The molecular weight excluding hydrogens is 521 g/mol. The highest BCUT2D eigenvalue weighted by Crippen LogP contribution is 2.28. The lowest BCUT2D eigenvalue weighted by atomic mass is 10.1. The van der Waals surface area contributed by atoms with Crippen LogP contribution in [-0.4, -0.2) is 50.5 Å². The summed E-state index contributed by atoms with van der Waals surface area (Å²) < 4.78 is 26.0. The Morgan fingerprint density at radius 3 is 2.18 bits per heavy atom. The van der Waals surface area contributed by atoms with E-state index in [-0.39, 0.29) is 29.1 Å². The van der Waals surface area contributed by atoms with Crippen molar-refractivity contribution < 1.29 is 18.0 Å². The first kappa shape index (κ1) is 28.2. The second kappa shape index (κ2) is 12.1. The molecule has 2 aromatic carbocycles. The van der Waals surface area contributed by atoms with Crippen molar-refractivity contribution >= 4 is 62.3 Å². The number of nitrogens with one attached hydrogen (secondary N) is 1. The highest BCUT2D eigenvalue weighted by molar-refractivity contribution is 7.92. The monoisotopic (exact) mass is 547 g/mol. The summed E-state index contributed by atoms with van der Waals surface area (Å²) in [4.78, 5) is 27.6. The third-order valence-electron chi connectivity index (χ3n) is 4.99. The van der Waals surface area contributed by atoms with Gasteiger partial charge in [-0.25, -0.2) is 8.42 Å². The summed E-state index contributed by atoms with van der Waals surface area (Å²) in [6.07, 6.45) is 0.992. The Bertz CT molecular complexity index is 1140. The van der Waals surface area contributed by atoms with Crippen LogP contribution in [0.15, 0.2) is 42.5 Å². The van der Waals surface area contributed by atoms with Crippen molar-refractivity contribution in [2.75, 3.05) is 23.7 Å². The number of nitrogens with zero attached hydrogens (tertiary/aromatic N) is 2. The largest absolute Gasteiger partial charge is 0.354 e. The molecule has 1 N–H and O–H groups in total. The third-order valence-corrected chi connectivity index (χ3v) is 7.17. The van der Waals surface area contributed by atoms with Crippen LogP contribution in [0.1, 0.15) is 26.3 Å². The molecule has 2 rings (SSSR count). The number of sulfonamides is 1. The van der Waals surface area contributed by atoms with Gasteiger partial charge >= 0.3 is 0 Å². The van der Waals surface area contributed by atoms with Crippen molar-refractivity contribution in [3.63, 3.8) is 0 Å². The van der Waals surface area contributed by atoms with Gasteiger partial charge in [-0.05, 0) is 42.7 Å². The first-order valence-corrected chi connectivity index (χ1v) is 13.5. The molecule has 11 heteroatoms. The maximum Gasteiger partial charge on any atom is 0.244 e. The van der Waals surface area contributed by atoms with Crippen molar-refractivity contribution in [3.05, 3.63) is 63.1 Å². The van der Waals surface area contributed by atoms with Crippen LogP contribution < -0.4 is 9.62 Å². The van der Waals surface area contributed by atoms with E-state index < -0.39 is 28.5 Å². The SMILES string of the molecule is CC(C)CNC(=O)[C@@H](C)N(Cc1ccc(Cl)c(Cl)c1)C(=O)CN(c1ccccc1Cl)S(C)(=O)=O. The summed E-state index contributed by atoms with van der Waals surface area (Å²) in [7, 11) is -3.86. The number of rotatable bonds is 10. The molecule has 0 saturated heterocycles. The predicted octanol–water partition coefficient (Wildman–Crippen LogP) is 4.60. The molecule has 0 radical (unpaired) electrons. The fourth-order valence-corrected chi connectivity index (χ4v) is 4.59. The number of amides is 2. The summed E-state index contributed by atoms with van der Waals surface area (Å²) in [6.45, 7) is 5.42. The van der Waals surface area contributed by atoms with Crippen LogP contribution >= 0.6 is 34.8 Å². The van der Waals surface area contributed by atoms with E-state index in [4.69, 9.17) is 34.8 Å². The fourth-order valence-electron chi connectivity index (χ4n) is 3.12. The summed E-state index contributed by atoms with van der Waals surface area (Å²) in [5.41, 5.74) is 0.807. The van der Waals surface area contributed by atoms with Crippen molar-refractivity contribution in [3.8, 4) is 0 Å². The molecule has 186 valence electrons. The molecular formula is C23H28Cl3N3O4S. The molecule has 0 spiro atoms. The highest BCUT2D eigenvalue weighted by Gasteiger charge is 2.30. The lowest BCUT2D eigenvalue weighted by Gasteiger charge is -2.32. The van der Waals surface area contributed by atoms with E-state index in [9.17, 15) is 18.0 Å². The summed E-state index contributed by atoms with van der Waals surface area (Å²) in [6, 6.07) is 10.3. The molecule has 2 aromatic rings.